The average molecular weight is 480 g/mol. The van der Waals surface area contributed by atoms with Crippen LogP contribution in [-0.4, -0.2) is 78.3 Å². The van der Waals surface area contributed by atoms with Crippen LogP contribution in [-0.2, 0) is 4.74 Å². The Balaban J connectivity index is 1.78. The number of phenols is 3. The summed E-state index contributed by atoms with van der Waals surface area (Å²) in [6, 6.07) is 5.65. The van der Waals surface area contributed by atoms with E-state index in [9.17, 15) is 45.8 Å². The normalized spacial score (nSPS) is 24.8. The number of fused-ring (bicyclic) bond motifs is 1. The molecule has 0 saturated carbocycles. The number of ether oxygens (including phenoxy) is 2. The van der Waals surface area contributed by atoms with E-state index in [1.54, 1.807) is 0 Å². The van der Waals surface area contributed by atoms with Crippen molar-refractivity contribution in [3.63, 3.8) is 0 Å². The van der Waals surface area contributed by atoms with E-state index in [0.717, 1.165) is 18.2 Å². The maximum absolute atomic E-state index is 12.8. The zero-order valence-corrected chi connectivity index (χ0v) is 17.1. The Morgan fingerprint density at radius 3 is 2.32 bits per heavy atom. The molecule has 1 saturated heterocycles. The van der Waals surface area contributed by atoms with E-state index in [2.05, 4.69) is 4.89 Å². The van der Waals surface area contributed by atoms with Gasteiger partial charge in [0, 0.05) is 17.7 Å². The maximum atomic E-state index is 12.8. The number of aliphatic hydroxyl groups excluding tert-OH is 4. The van der Waals surface area contributed by atoms with E-state index in [1.807, 2.05) is 0 Å². The Hall–Kier alpha value is -3.59. The van der Waals surface area contributed by atoms with Crippen molar-refractivity contribution >= 4 is 11.0 Å². The van der Waals surface area contributed by atoms with Crippen LogP contribution in [0.5, 0.6) is 28.7 Å². The van der Waals surface area contributed by atoms with E-state index in [-0.39, 0.29) is 16.9 Å². The van der Waals surface area contributed by atoms with E-state index in [0.29, 0.717) is 0 Å². The van der Waals surface area contributed by atoms with Crippen molar-refractivity contribution in [2.75, 3.05) is 6.61 Å². The molecule has 8 N–H and O–H groups in total. The van der Waals surface area contributed by atoms with Gasteiger partial charge in [-0.1, -0.05) is 0 Å². The van der Waals surface area contributed by atoms with E-state index in [1.165, 1.54) is 12.1 Å². The second-order valence-corrected chi connectivity index (χ2v) is 7.51. The van der Waals surface area contributed by atoms with Gasteiger partial charge < -0.3 is 54.5 Å². The van der Waals surface area contributed by atoms with Gasteiger partial charge in [-0.2, -0.15) is 0 Å². The lowest BCUT2D eigenvalue weighted by Gasteiger charge is -2.39. The average Bonchev–Trinajstić information content (AvgIpc) is 2.81. The molecule has 0 aliphatic carbocycles. The Labute approximate surface area is 189 Å². The number of aromatic hydroxyl groups is 3. The molecule has 0 radical (unpaired) electrons. The van der Waals surface area contributed by atoms with Crippen LogP contribution >= 0.6 is 0 Å². The third-order valence-electron chi connectivity index (χ3n) is 5.35. The molecule has 0 amide bonds. The third kappa shape index (κ3) is 3.96. The van der Waals surface area contributed by atoms with E-state index < -0.39 is 76.9 Å². The first-order valence-corrected chi connectivity index (χ1v) is 9.81. The molecule has 13 heteroatoms. The molecule has 2 aromatic carbocycles. The molecule has 5 unspecified atom stereocenters. The van der Waals surface area contributed by atoms with Gasteiger partial charge in [-0.15, -0.1) is 0 Å². The highest BCUT2D eigenvalue weighted by Gasteiger charge is 2.45. The van der Waals surface area contributed by atoms with Gasteiger partial charge in [0.1, 0.15) is 41.1 Å². The molecule has 0 bridgehead atoms. The minimum absolute atomic E-state index is 0.0568. The lowest BCUT2D eigenvalue weighted by molar-refractivity contribution is -0.278. The lowest BCUT2D eigenvalue weighted by atomic mass is 9.99. The summed E-state index contributed by atoms with van der Waals surface area (Å²) in [5.74, 6) is -3.02. The van der Waals surface area contributed by atoms with Gasteiger partial charge >= 0.3 is 0 Å². The van der Waals surface area contributed by atoms with Crippen LogP contribution in [0.2, 0.25) is 0 Å². The SMILES string of the molecule is O=c1cc(-c2ccc(O)c(O)c2)oc2cc(OO)c(OC3OC(CO)C(O)C(O)C3O)c(O)c12. The van der Waals surface area contributed by atoms with Gasteiger partial charge in [0.05, 0.1) is 6.61 Å². The Bertz CT molecular complexity index is 1270. The molecule has 1 aromatic heterocycles. The fraction of sp³-hybridized carbons (Fsp3) is 0.286. The third-order valence-corrected chi connectivity index (χ3v) is 5.35. The number of benzene rings is 2. The number of rotatable bonds is 5. The minimum Gasteiger partial charge on any atom is -0.504 e. The summed E-state index contributed by atoms with van der Waals surface area (Å²) in [5.41, 5.74) is -0.830. The first-order valence-electron chi connectivity index (χ1n) is 9.81. The summed E-state index contributed by atoms with van der Waals surface area (Å²) in [6.07, 6.45) is -8.37. The van der Waals surface area contributed by atoms with Crippen LogP contribution in [0.25, 0.3) is 22.3 Å². The highest BCUT2D eigenvalue weighted by Crippen LogP contribution is 2.44. The molecular formula is C21H20O13. The van der Waals surface area contributed by atoms with Crippen LogP contribution in [0.3, 0.4) is 0 Å². The van der Waals surface area contributed by atoms with Gasteiger partial charge in [-0.05, 0) is 18.2 Å². The Morgan fingerprint density at radius 1 is 0.941 bits per heavy atom. The highest BCUT2D eigenvalue weighted by atomic mass is 17.1. The highest BCUT2D eigenvalue weighted by molar-refractivity contribution is 5.89. The van der Waals surface area contributed by atoms with Crippen molar-refractivity contribution in [1.29, 1.82) is 0 Å². The molecular weight excluding hydrogens is 460 g/mol. The van der Waals surface area contributed by atoms with Crippen molar-refractivity contribution in [2.45, 2.75) is 30.7 Å². The first-order chi connectivity index (χ1) is 16.2. The summed E-state index contributed by atoms with van der Waals surface area (Å²) in [5, 5.41) is 78.0. The van der Waals surface area contributed by atoms with Crippen molar-refractivity contribution in [3.05, 3.63) is 40.6 Å². The molecule has 2 heterocycles. The van der Waals surface area contributed by atoms with Crippen LogP contribution in [0, 0.1) is 0 Å². The van der Waals surface area contributed by atoms with Crippen LogP contribution in [0.15, 0.2) is 39.5 Å². The predicted octanol–water partition coefficient (Wildman–Crippen LogP) is -0.393. The Morgan fingerprint density at radius 2 is 1.68 bits per heavy atom. The van der Waals surface area contributed by atoms with Crippen LogP contribution in [0.1, 0.15) is 0 Å². The monoisotopic (exact) mass is 480 g/mol. The summed E-state index contributed by atoms with van der Waals surface area (Å²) in [7, 11) is 0. The molecule has 34 heavy (non-hydrogen) atoms. The van der Waals surface area contributed by atoms with Crippen LogP contribution < -0.4 is 15.1 Å². The van der Waals surface area contributed by atoms with Gasteiger partial charge in [-0.3, -0.25) is 4.79 Å². The minimum atomic E-state index is -1.85. The van der Waals surface area contributed by atoms with Gasteiger partial charge in [0.25, 0.3) is 0 Å². The van der Waals surface area contributed by atoms with Crippen molar-refractivity contribution in [3.8, 4) is 40.1 Å². The largest absolute Gasteiger partial charge is 0.504 e. The summed E-state index contributed by atoms with van der Waals surface area (Å²) in [6.45, 7) is -0.739. The predicted molar refractivity (Wildman–Crippen MR) is 111 cm³/mol. The topological polar surface area (TPSA) is 220 Å². The van der Waals surface area contributed by atoms with E-state index in [4.69, 9.17) is 13.9 Å². The zero-order chi connectivity index (χ0) is 24.7. The Kier molecular flexibility index (Phi) is 6.22. The fourth-order valence-corrected chi connectivity index (χ4v) is 3.54. The summed E-state index contributed by atoms with van der Waals surface area (Å²) >= 11 is 0. The summed E-state index contributed by atoms with van der Waals surface area (Å²) in [4.78, 5) is 17.0. The maximum Gasteiger partial charge on any atom is 0.229 e. The second kappa shape index (κ2) is 8.98. The van der Waals surface area contributed by atoms with Crippen LogP contribution in [0.4, 0.5) is 0 Å². The lowest BCUT2D eigenvalue weighted by Crippen LogP contribution is -2.60. The van der Waals surface area contributed by atoms with Crippen molar-refractivity contribution < 1.29 is 59.8 Å². The molecule has 13 nitrogen and oxygen atoms in total. The number of aliphatic hydroxyl groups is 4. The molecule has 3 aromatic rings. The zero-order valence-electron chi connectivity index (χ0n) is 17.1. The molecule has 5 atom stereocenters. The molecule has 1 aliphatic rings. The number of phenolic OH excluding ortho intramolecular Hbond substituents is 3. The van der Waals surface area contributed by atoms with Gasteiger partial charge in [0.15, 0.2) is 22.7 Å². The van der Waals surface area contributed by atoms with Gasteiger partial charge in [-0.25, -0.2) is 5.26 Å². The molecule has 0 spiro atoms. The smallest absolute Gasteiger partial charge is 0.229 e. The molecule has 1 aliphatic heterocycles. The van der Waals surface area contributed by atoms with Gasteiger partial charge in [0.2, 0.25) is 17.8 Å². The first kappa shape index (κ1) is 23.6. The fourth-order valence-electron chi connectivity index (χ4n) is 3.54. The molecule has 1 fully saturated rings. The molecule has 182 valence electrons. The van der Waals surface area contributed by atoms with Crippen molar-refractivity contribution in [1.82, 2.24) is 0 Å². The molecule has 4 rings (SSSR count). The summed E-state index contributed by atoms with van der Waals surface area (Å²) < 4.78 is 16.1. The van der Waals surface area contributed by atoms with E-state index >= 15 is 0 Å². The number of hydrogen-bond acceptors (Lipinski definition) is 13. The van der Waals surface area contributed by atoms with Crippen molar-refractivity contribution in [2.24, 2.45) is 0 Å². The standard InChI is InChI=1S/C21H20O13/c22-6-14-16(26)18(28)19(29)21(32-14)33-20-13(34-30)5-12-15(17(20)27)10(25)4-11(31-12)7-1-2-8(23)9(24)3-7/h1-5,14,16,18-19,21-24,26-30H,6H2. The number of hydrogen-bond donors (Lipinski definition) is 8. The second-order valence-electron chi connectivity index (χ2n) is 7.51. The quantitative estimate of drug-likeness (QED) is 0.133.